The number of amides is 1. The first-order chi connectivity index (χ1) is 28.0. The molecule has 1 amide bonds. The van der Waals surface area contributed by atoms with E-state index in [4.69, 9.17) is 9.05 Å². The number of quaternary nitrogens is 1. The van der Waals surface area contributed by atoms with E-state index in [1.54, 1.807) is 6.08 Å². The fourth-order valence-corrected chi connectivity index (χ4v) is 7.69. The molecule has 0 aliphatic rings. The van der Waals surface area contributed by atoms with Crippen LogP contribution in [0.1, 0.15) is 219 Å². The summed E-state index contributed by atoms with van der Waals surface area (Å²) in [6.45, 7) is 4.80. The van der Waals surface area contributed by atoms with Gasteiger partial charge in [-0.05, 0) is 51.4 Å². The van der Waals surface area contributed by atoms with Crippen LogP contribution in [0.15, 0.2) is 36.5 Å². The Morgan fingerprint density at radius 2 is 0.983 bits per heavy atom. The molecule has 0 spiro atoms. The quantitative estimate of drug-likeness (QED) is 0.0244. The Balaban J connectivity index is 4.38. The first-order valence-electron chi connectivity index (χ1n) is 24.4. The minimum atomic E-state index is -4.34. The number of phosphoric acid groups is 1. The number of carbonyl (C=O) groups excluding carboxylic acids is 1. The zero-order valence-corrected chi connectivity index (χ0v) is 39.7. The van der Waals surface area contributed by atoms with Crippen LogP contribution in [0.25, 0.3) is 0 Å². The fraction of sp³-hybridized carbons (Fsp3) is 0.857. The Labute approximate surface area is 359 Å². The normalized spacial score (nSPS) is 14.5. The van der Waals surface area contributed by atoms with Crippen molar-refractivity contribution in [3.8, 4) is 0 Å². The second-order valence-corrected chi connectivity index (χ2v) is 19.3. The van der Waals surface area contributed by atoms with Crippen molar-refractivity contribution >= 4 is 13.7 Å². The third-order valence-corrected chi connectivity index (χ3v) is 11.8. The summed E-state index contributed by atoms with van der Waals surface area (Å²) < 4.78 is 23.6. The number of likely N-dealkylation sites (N-methyl/N-ethyl adjacent to an activating group) is 1. The highest BCUT2D eigenvalue weighted by molar-refractivity contribution is 7.47. The van der Waals surface area contributed by atoms with E-state index >= 15 is 0 Å². The minimum absolute atomic E-state index is 0.0598. The molecule has 0 rings (SSSR count). The monoisotopic (exact) mass is 840 g/mol. The third-order valence-electron chi connectivity index (χ3n) is 10.9. The van der Waals surface area contributed by atoms with Crippen LogP contribution in [0.4, 0.5) is 0 Å². The van der Waals surface area contributed by atoms with Gasteiger partial charge in [0.15, 0.2) is 0 Å². The summed E-state index contributed by atoms with van der Waals surface area (Å²) >= 11 is 0. The smallest absolute Gasteiger partial charge is 0.387 e. The molecule has 0 saturated heterocycles. The number of allylic oxidation sites excluding steroid dienone is 5. The molecule has 8 nitrogen and oxygen atoms in total. The van der Waals surface area contributed by atoms with Gasteiger partial charge in [0, 0.05) is 6.42 Å². The number of phosphoric ester groups is 1. The van der Waals surface area contributed by atoms with E-state index in [1.807, 2.05) is 27.2 Å². The summed E-state index contributed by atoms with van der Waals surface area (Å²) in [5.41, 5.74) is 0. The number of aliphatic hydroxyl groups excluding tert-OH is 1. The zero-order valence-electron chi connectivity index (χ0n) is 38.8. The van der Waals surface area contributed by atoms with Crippen molar-refractivity contribution in [2.45, 2.75) is 231 Å². The standard InChI is InChI=1S/C49H95N2O6P/c1-6-8-10-12-14-16-18-20-22-24-26-28-30-32-34-36-38-40-42-48(52)47(46-57-58(54,55)56-45-44-51(3,4)5)50-49(53)43-41-39-37-35-33-31-29-27-25-23-21-19-17-15-13-11-9-7-2/h17,19,23,25,40,42,47-48,52H,6-16,18,20-22,24,26-39,41,43-46H2,1-5H3,(H-,50,53,54,55)/p+1/b19-17-,25-23-,42-40+. The lowest BCUT2D eigenvalue weighted by atomic mass is 10.0. The SMILES string of the molecule is CCCCCC/C=C\C/C=C\CCCCCCCCCC(=O)NC(COP(=O)(O)OCC[N+](C)(C)C)C(O)/C=C/CCCCCCCCCCCCCCCCCC. The van der Waals surface area contributed by atoms with E-state index < -0.39 is 20.0 Å². The molecule has 0 aromatic rings. The summed E-state index contributed by atoms with van der Waals surface area (Å²) in [5, 5.41) is 13.9. The lowest BCUT2D eigenvalue weighted by Gasteiger charge is -2.25. The molecule has 58 heavy (non-hydrogen) atoms. The van der Waals surface area contributed by atoms with Gasteiger partial charge in [0.1, 0.15) is 13.2 Å². The van der Waals surface area contributed by atoms with Crippen molar-refractivity contribution in [3.05, 3.63) is 36.5 Å². The van der Waals surface area contributed by atoms with Crippen LogP contribution in [-0.4, -0.2) is 73.4 Å². The van der Waals surface area contributed by atoms with E-state index in [9.17, 15) is 19.4 Å². The van der Waals surface area contributed by atoms with Crippen molar-refractivity contribution in [2.24, 2.45) is 0 Å². The molecule has 9 heteroatoms. The number of rotatable bonds is 44. The molecule has 0 aromatic carbocycles. The van der Waals surface area contributed by atoms with E-state index in [2.05, 4.69) is 43.5 Å². The van der Waals surface area contributed by atoms with Gasteiger partial charge in [-0.3, -0.25) is 13.8 Å². The topological polar surface area (TPSA) is 105 Å². The molecule has 0 radical (unpaired) electrons. The van der Waals surface area contributed by atoms with Gasteiger partial charge in [0.2, 0.25) is 5.91 Å². The molecule has 0 heterocycles. The van der Waals surface area contributed by atoms with Crippen LogP contribution < -0.4 is 5.32 Å². The highest BCUT2D eigenvalue weighted by Gasteiger charge is 2.27. The van der Waals surface area contributed by atoms with Crippen molar-refractivity contribution in [3.63, 3.8) is 0 Å². The molecule has 3 unspecified atom stereocenters. The van der Waals surface area contributed by atoms with Gasteiger partial charge >= 0.3 is 7.82 Å². The summed E-state index contributed by atoms with van der Waals surface area (Å²) in [5.74, 6) is -0.185. The first kappa shape index (κ1) is 56.7. The molecule has 3 atom stereocenters. The molecule has 0 bridgehead atoms. The number of aliphatic hydroxyl groups is 1. The van der Waals surface area contributed by atoms with E-state index in [0.717, 1.165) is 51.4 Å². The van der Waals surface area contributed by atoms with E-state index in [1.165, 1.54) is 148 Å². The van der Waals surface area contributed by atoms with Gasteiger partial charge in [-0.1, -0.05) is 198 Å². The highest BCUT2D eigenvalue weighted by atomic mass is 31.2. The van der Waals surface area contributed by atoms with E-state index in [0.29, 0.717) is 17.4 Å². The number of carbonyl (C=O) groups is 1. The summed E-state index contributed by atoms with van der Waals surface area (Å²) in [6, 6.07) is -0.849. The average molecular weight is 840 g/mol. The van der Waals surface area contributed by atoms with Crippen molar-refractivity contribution in [1.82, 2.24) is 5.32 Å². The summed E-state index contributed by atoms with van der Waals surface area (Å²) in [7, 11) is 1.57. The van der Waals surface area contributed by atoms with Gasteiger partial charge in [0.05, 0.1) is 39.9 Å². The minimum Gasteiger partial charge on any atom is -0.387 e. The maximum Gasteiger partial charge on any atom is 0.472 e. The molecular weight excluding hydrogens is 744 g/mol. The van der Waals surface area contributed by atoms with Crippen LogP contribution in [0.3, 0.4) is 0 Å². The summed E-state index contributed by atoms with van der Waals surface area (Å²) in [6.07, 6.45) is 50.7. The molecular formula is C49H96N2O6P+. The summed E-state index contributed by atoms with van der Waals surface area (Å²) in [4.78, 5) is 23.2. The molecule has 0 saturated carbocycles. The van der Waals surface area contributed by atoms with Gasteiger partial charge in [0.25, 0.3) is 0 Å². The number of unbranched alkanes of at least 4 members (excludes halogenated alkanes) is 27. The third kappa shape index (κ3) is 42.8. The van der Waals surface area contributed by atoms with Gasteiger partial charge in [-0.2, -0.15) is 0 Å². The lowest BCUT2D eigenvalue weighted by Crippen LogP contribution is -2.45. The van der Waals surface area contributed by atoms with Crippen LogP contribution in [0.2, 0.25) is 0 Å². The molecule has 342 valence electrons. The van der Waals surface area contributed by atoms with Gasteiger partial charge < -0.3 is 19.8 Å². The van der Waals surface area contributed by atoms with Crippen LogP contribution in [0, 0.1) is 0 Å². The Kier molecular flexibility index (Phi) is 40.2. The highest BCUT2D eigenvalue weighted by Crippen LogP contribution is 2.43. The maximum atomic E-state index is 12.9. The Hall–Kier alpha value is -1.28. The van der Waals surface area contributed by atoms with Gasteiger partial charge in [-0.15, -0.1) is 0 Å². The van der Waals surface area contributed by atoms with Crippen LogP contribution in [0.5, 0.6) is 0 Å². The first-order valence-corrected chi connectivity index (χ1v) is 25.9. The Bertz CT molecular complexity index is 1040. The predicted molar refractivity (Wildman–Crippen MR) is 249 cm³/mol. The van der Waals surface area contributed by atoms with Crippen molar-refractivity contribution in [2.75, 3.05) is 40.9 Å². The van der Waals surface area contributed by atoms with E-state index in [-0.39, 0.29) is 19.1 Å². The number of hydrogen-bond acceptors (Lipinski definition) is 5. The second kappa shape index (κ2) is 41.1. The molecule has 0 aliphatic carbocycles. The van der Waals surface area contributed by atoms with Crippen molar-refractivity contribution < 1.29 is 32.9 Å². The van der Waals surface area contributed by atoms with Gasteiger partial charge in [-0.25, -0.2) is 4.57 Å². The number of nitrogens with zero attached hydrogens (tertiary/aromatic N) is 1. The zero-order chi connectivity index (χ0) is 42.8. The van der Waals surface area contributed by atoms with Crippen LogP contribution in [-0.2, 0) is 18.4 Å². The molecule has 0 aliphatic heterocycles. The Morgan fingerprint density at radius 3 is 1.43 bits per heavy atom. The maximum absolute atomic E-state index is 12.9. The second-order valence-electron chi connectivity index (χ2n) is 17.8. The van der Waals surface area contributed by atoms with Crippen LogP contribution >= 0.6 is 7.82 Å². The van der Waals surface area contributed by atoms with Crippen molar-refractivity contribution in [1.29, 1.82) is 0 Å². The largest absolute Gasteiger partial charge is 0.472 e. The fourth-order valence-electron chi connectivity index (χ4n) is 6.95. The number of nitrogens with one attached hydrogen (secondary N) is 1. The molecule has 3 N–H and O–H groups in total. The lowest BCUT2D eigenvalue weighted by molar-refractivity contribution is -0.870. The molecule has 0 aromatic heterocycles. The number of hydrogen-bond donors (Lipinski definition) is 3. The Morgan fingerprint density at radius 1 is 0.586 bits per heavy atom. The predicted octanol–water partition coefficient (Wildman–Crippen LogP) is 13.9. The average Bonchev–Trinajstić information content (AvgIpc) is 3.17. The molecule has 0 fully saturated rings.